The summed E-state index contributed by atoms with van der Waals surface area (Å²) in [5.41, 5.74) is 6.85. The highest BCUT2D eigenvalue weighted by atomic mass is 16.6. The molecule has 3 N–H and O–H groups in total. The summed E-state index contributed by atoms with van der Waals surface area (Å²) < 4.78 is 10.00. The monoisotopic (exact) mass is 294 g/mol. The summed E-state index contributed by atoms with van der Waals surface area (Å²) in [6.07, 6.45) is 0. The lowest BCUT2D eigenvalue weighted by atomic mass is 10.1. The van der Waals surface area contributed by atoms with Gasteiger partial charge in [0, 0.05) is 0 Å². The summed E-state index contributed by atoms with van der Waals surface area (Å²) >= 11 is 0. The molecule has 1 aromatic carbocycles. The number of hydrogen-bond acceptors (Lipinski definition) is 5. The molecule has 1 rings (SSSR count). The lowest BCUT2D eigenvalue weighted by molar-refractivity contribution is -0.150. The van der Waals surface area contributed by atoms with Crippen LogP contribution in [0.5, 0.6) is 5.75 Å². The van der Waals surface area contributed by atoms with Crippen LogP contribution < -0.4 is 15.8 Å². The van der Waals surface area contributed by atoms with E-state index < -0.39 is 24.4 Å². The van der Waals surface area contributed by atoms with Gasteiger partial charge >= 0.3 is 5.97 Å². The van der Waals surface area contributed by atoms with E-state index in [0.717, 1.165) is 11.1 Å². The molecule has 0 unspecified atom stereocenters. The summed E-state index contributed by atoms with van der Waals surface area (Å²) in [6.45, 7) is 2.74. The minimum absolute atomic E-state index is 0.296. The third-order valence-electron chi connectivity index (χ3n) is 2.50. The Balaban J connectivity index is 2.31. The first-order valence-electron chi connectivity index (χ1n) is 6.29. The second-order valence-electron chi connectivity index (χ2n) is 4.46. The van der Waals surface area contributed by atoms with Crippen molar-refractivity contribution >= 4 is 17.8 Å². The molecule has 0 aromatic heterocycles. The molecule has 21 heavy (non-hydrogen) atoms. The number of carbonyl (C=O) groups excluding carboxylic acids is 3. The maximum absolute atomic E-state index is 11.4. The fourth-order valence-corrected chi connectivity index (χ4v) is 1.52. The summed E-state index contributed by atoms with van der Waals surface area (Å²) in [6, 6.07) is 5.56. The lowest BCUT2D eigenvalue weighted by Gasteiger charge is -2.09. The number of amides is 2. The van der Waals surface area contributed by atoms with Crippen LogP contribution in [0.15, 0.2) is 18.2 Å². The highest BCUT2D eigenvalue weighted by Crippen LogP contribution is 2.18. The van der Waals surface area contributed by atoms with Crippen LogP contribution in [0.25, 0.3) is 0 Å². The molecule has 0 aliphatic heterocycles. The molecule has 0 radical (unpaired) electrons. The van der Waals surface area contributed by atoms with E-state index in [1.807, 2.05) is 26.0 Å². The van der Waals surface area contributed by atoms with E-state index in [0.29, 0.717) is 5.75 Å². The first-order chi connectivity index (χ1) is 9.88. The van der Waals surface area contributed by atoms with Gasteiger partial charge in [-0.25, -0.2) is 4.79 Å². The third-order valence-corrected chi connectivity index (χ3v) is 2.50. The van der Waals surface area contributed by atoms with E-state index in [2.05, 4.69) is 5.32 Å². The van der Waals surface area contributed by atoms with Crippen molar-refractivity contribution in [2.75, 3.05) is 19.8 Å². The Kier molecular flexibility index (Phi) is 6.19. The quantitative estimate of drug-likeness (QED) is 0.679. The van der Waals surface area contributed by atoms with Gasteiger partial charge in [0.25, 0.3) is 5.91 Å². The third kappa shape index (κ3) is 6.42. The molecule has 0 saturated carbocycles. The second kappa shape index (κ2) is 7.88. The number of nitrogens with two attached hydrogens (primary N) is 1. The Labute approximate surface area is 122 Å². The van der Waals surface area contributed by atoms with E-state index in [9.17, 15) is 14.4 Å². The molecule has 0 saturated heterocycles. The van der Waals surface area contributed by atoms with E-state index in [-0.39, 0.29) is 13.2 Å². The van der Waals surface area contributed by atoms with Gasteiger partial charge in [-0.15, -0.1) is 0 Å². The van der Waals surface area contributed by atoms with Gasteiger partial charge < -0.3 is 20.5 Å². The van der Waals surface area contributed by atoms with Gasteiger partial charge in [-0.1, -0.05) is 17.7 Å². The molecular formula is C14H18N2O5. The Morgan fingerprint density at radius 1 is 1.19 bits per heavy atom. The predicted molar refractivity (Wildman–Crippen MR) is 74.6 cm³/mol. The van der Waals surface area contributed by atoms with Crippen LogP contribution in [0.4, 0.5) is 0 Å². The van der Waals surface area contributed by atoms with E-state index in [1.165, 1.54) is 0 Å². The van der Waals surface area contributed by atoms with Gasteiger partial charge in [-0.05, 0) is 25.5 Å². The highest BCUT2D eigenvalue weighted by molar-refractivity contribution is 5.85. The Hall–Kier alpha value is -2.57. The average Bonchev–Trinajstić information content (AvgIpc) is 2.41. The number of benzene rings is 1. The molecule has 7 heteroatoms. The molecular weight excluding hydrogens is 276 g/mol. The zero-order valence-corrected chi connectivity index (χ0v) is 12.0. The summed E-state index contributed by atoms with van der Waals surface area (Å²) in [5.74, 6) is -1.37. The Morgan fingerprint density at radius 2 is 1.90 bits per heavy atom. The lowest BCUT2D eigenvalue weighted by Crippen LogP contribution is -2.36. The SMILES string of the molecule is Cc1ccc(OCC(=O)OCC(=O)NCC(N)=O)c(C)c1. The minimum atomic E-state index is -0.677. The van der Waals surface area contributed by atoms with Crippen molar-refractivity contribution in [2.45, 2.75) is 13.8 Å². The van der Waals surface area contributed by atoms with Gasteiger partial charge in [0.2, 0.25) is 5.91 Å². The van der Waals surface area contributed by atoms with Crippen molar-refractivity contribution in [3.63, 3.8) is 0 Å². The fourth-order valence-electron chi connectivity index (χ4n) is 1.52. The maximum Gasteiger partial charge on any atom is 0.344 e. The number of primary amides is 1. The number of esters is 1. The van der Waals surface area contributed by atoms with Gasteiger partial charge in [0.05, 0.1) is 6.54 Å². The summed E-state index contributed by atoms with van der Waals surface area (Å²) in [4.78, 5) is 33.0. The fraction of sp³-hybridized carbons (Fsp3) is 0.357. The van der Waals surface area contributed by atoms with Crippen LogP contribution in [-0.4, -0.2) is 37.5 Å². The zero-order chi connectivity index (χ0) is 15.8. The molecule has 2 amide bonds. The molecule has 0 heterocycles. The number of aryl methyl sites for hydroxylation is 2. The largest absolute Gasteiger partial charge is 0.482 e. The number of nitrogens with one attached hydrogen (secondary N) is 1. The summed E-state index contributed by atoms with van der Waals surface area (Å²) in [7, 11) is 0. The number of ether oxygens (including phenoxy) is 2. The van der Waals surface area contributed by atoms with Gasteiger partial charge in [0.1, 0.15) is 5.75 Å². The van der Waals surface area contributed by atoms with Crippen molar-refractivity contribution in [2.24, 2.45) is 5.73 Å². The molecule has 0 aliphatic rings. The molecule has 0 atom stereocenters. The minimum Gasteiger partial charge on any atom is -0.482 e. The molecule has 0 aliphatic carbocycles. The molecule has 1 aromatic rings. The number of hydrogen-bond donors (Lipinski definition) is 2. The van der Waals surface area contributed by atoms with Crippen LogP contribution in [-0.2, 0) is 19.1 Å². The standard InChI is InChI=1S/C14H18N2O5/c1-9-3-4-11(10(2)5-9)20-8-14(19)21-7-13(18)16-6-12(15)17/h3-5H,6-8H2,1-2H3,(H2,15,17)(H,16,18). The summed E-state index contributed by atoms with van der Waals surface area (Å²) in [5, 5.41) is 2.20. The smallest absolute Gasteiger partial charge is 0.344 e. The topological polar surface area (TPSA) is 108 Å². The molecule has 0 fully saturated rings. The highest BCUT2D eigenvalue weighted by Gasteiger charge is 2.09. The van der Waals surface area contributed by atoms with Gasteiger partial charge in [0.15, 0.2) is 13.2 Å². The van der Waals surface area contributed by atoms with E-state index in [1.54, 1.807) is 6.07 Å². The number of carbonyl (C=O) groups is 3. The van der Waals surface area contributed by atoms with Crippen LogP contribution in [0.1, 0.15) is 11.1 Å². The molecule has 0 bridgehead atoms. The van der Waals surface area contributed by atoms with Crippen molar-refractivity contribution in [1.82, 2.24) is 5.32 Å². The van der Waals surface area contributed by atoms with E-state index in [4.69, 9.17) is 15.2 Å². The molecule has 7 nitrogen and oxygen atoms in total. The predicted octanol–water partition coefficient (Wildman–Crippen LogP) is -0.173. The van der Waals surface area contributed by atoms with Crippen LogP contribution in [0, 0.1) is 13.8 Å². The van der Waals surface area contributed by atoms with Crippen LogP contribution in [0.2, 0.25) is 0 Å². The van der Waals surface area contributed by atoms with Crippen molar-refractivity contribution in [1.29, 1.82) is 0 Å². The maximum atomic E-state index is 11.4. The van der Waals surface area contributed by atoms with Crippen molar-refractivity contribution in [3.05, 3.63) is 29.3 Å². The van der Waals surface area contributed by atoms with Gasteiger partial charge in [-0.2, -0.15) is 0 Å². The van der Waals surface area contributed by atoms with Crippen LogP contribution >= 0.6 is 0 Å². The normalized spacial score (nSPS) is 9.81. The Bertz CT molecular complexity index is 542. The first-order valence-corrected chi connectivity index (χ1v) is 6.29. The number of rotatable bonds is 7. The van der Waals surface area contributed by atoms with Crippen molar-refractivity contribution in [3.8, 4) is 5.75 Å². The van der Waals surface area contributed by atoms with E-state index >= 15 is 0 Å². The van der Waals surface area contributed by atoms with Crippen molar-refractivity contribution < 1.29 is 23.9 Å². The molecule has 114 valence electrons. The second-order valence-corrected chi connectivity index (χ2v) is 4.46. The van der Waals surface area contributed by atoms with Crippen LogP contribution in [0.3, 0.4) is 0 Å². The van der Waals surface area contributed by atoms with Gasteiger partial charge in [-0.3, -0.25) is 9.59 Å². The zero-order valence-electron chi connectivity index (χ0n) is 12.0. The Morgan fingerprint density at radius 3 is 2.52 bits per heavy atom. The molecule has 0 spiro atoms. The first kappa shape index (κ1) is 16.5. The average molecular weight is 294 g/mol.